The van der Waals surface area contributed by atoms with E-state index in [2.05, 4.69) is 43.6 Å². The quantitative estimate of drug-likeness (QED) is 0.714. The molecule has 86 valence electrons. The predicted octanol–water partition coefficient (Wildman–Crippen LogP) is 2.02. The van der Waals surface area contributed by atoms with Crippen molar-refractivity contribution >= 4 is 0 Å². The Hall–Kier alpha value is -0.340. The summed E-state index contributed by atoms with van der Waals surface area (Å²) in [6.45, 7) is 13.2. The van der Waals surface area contributed by atoms with Gasteiger partial charge in [0.15, 0.2) is 0 Å². The third kappa shape index (κ3) is 2.11. The van der Waals surface area contributed by atoms with Crippen molar-refractivity contribution in [2.24, 2.45) is 5.92 Å². The lowest BCUT2D eigenvalue weighted by atomic mass is 9.90. The summed E-state index contributed by atoms with van der Waals surface area (Å²) in [6, 6.07) is 1.13. The standard InChI is InChI=1S/C13H24N2/c1-5-10(2)15-9-13(4,12-6-7-12)14-8-11(15)3/h5,10-12,14H,1,6-9H2,2-4H3. The Morgan fingerprint density at radius 3 is 2.73 bits per heavy atom. The van der Waals surface area contributed by atoms with Crippen LogP contribution in [0.5, 0.6) is 0 Å². The molecule has 0 aromatic heterocycles. The summed E-state index contributed by atoms with van der Waals surface area (Å²) in [7, 11) is 0. The van der Waals surface area contributed by atoms with E-state index in [1.165, 1.54) is 19.4 Å². The van der Waals surface area contributed by atoms with Crippen molar-refractivity contribution in [2.75, 3.05) is 13.1 Å². The van der Waals surface area contributed by atoms with Gasteiger partial charge in [0, 0.05) is 30.7 Å². The van der Waals surface area contributed by atoms with E-state index in [9.17, 15) is 0 Å². The molecule has 2 rings (SSSR count). The molecule has 2 nitrogen and oxygen atoms in total. The SMILES string of the molecule is C=CC(C)N1CC(C)(C2CC2)NCC1C. The fourth-order valence-corrected chi connectivity index (χ4v) is 2.76. The van der Waals surface area contributed by atoms with Gasteiger partial charge < -0.3 is 5.32 Å². The molecule has 15 heavy (non-hydrogen) atoms. The Labute approximate surface area is 93.7 Å². The van der Waals surface area contributed by atoms with E-state index < -0.39 is 0 Å². The number of piperazine rings is 1. The molecular weight excluding hydrogens is 184 g/mol. The second-order valence-corrected chi connectivity index (χ2v) is 5.57. The number of hydrogen-bond donors (Lipinski definition) is 1. The molecule has 0 bridgehead atoms. The van der Waals surface area contributed by atoms with Gasteiger partial charge in [0.2, 0.25) is 0 Å². The average Bonchev–Trinajstić information content (AvgIpc) is 3.04. The molecule has 3 unspecified atom stereocenters. The smallest absolute Gasteiger partial charge is 0.0309 e. The number of hydrogen-bond acceptors (Lipinski definition) is 2. The molecule has 3 atom stereocenters. The van der Waals surface area contributed by atoms with Crippen LogP contribution in [0.25, 0.3) is 0 Å². The minimum atomic E-state index is 0.351. The van der Waals surface area contributed by atoms with Crippen molar-refractivity contribution in [3.8, 4) is 0 Å². The molecule has 2 fully saturated rings. The zero-order valence-electron chi connectivity index (χ0n) is 10.3. The molecule has 0 aromatic carbocycles. The monoisotopic (exact) mass is 208 g/mol. The van der Waals surface area contributed by atoms with E-state index in [1.807, 2.05) is 0 Å². The second kappa shape index (κ2) is 3.91. The summed E-state index contributed by atoms with van der Waals surface area (Å²) in [5, 5.41) is 3.74. The van der Waals surface area contributed by atoms with Crippen molar-refractivity contribution < 1.29 is 0 Å². The minimum Gasteiger partial charge on any atom is -0.308 e. The molecule has 0 amide bonds. The van der Waals surface area contributed by atoms with Gasteiger partial charge in [-0.25, -0.2) is 0 Å². The van der Waals surface area contributed by atoms with E-state index in [0.717, 1.165) is 12.5 Å². The van der Waals surface area contributed by atoms with Crippen LogP contribution in [0.3, 0.4) is 0 Å². The van der Waals surface area contributed by atoms with Gasteiger partial charge in [0.05, 0.1) is 0 Å². The second-order valence-electron chi connectivity index (χ2n) is 5.57. The first-order chi connectivity index (χ1) is 7.07. The average molecular weight is 208 g/mol. The van der Waals surface area contributed by atoms with Crippen molar-refractivity contribution in [1.82, 2.24) is 10.2 Å². The van der Waals surface area contributed by atoms with Gasteiger partial charge in [-0.15, -0.1) is 6.58 Å². The van der Waals surface area contributed by atoms with Gasteiger partial charge in [0.1, 0.15) is 0 Å². The predicted molar refractivity (Wildman–Crippen MR) is 65.0 cm³/mol. The van der Waals surface area contributed by atoms with Gasteiger partial charge in [-0.05, 0) is 39.5 Å². The van der Waals surface area contributed by atoms with E-state index in [4.69, 9.17) is 0 Å². The number of rotatable bonds is 3. The topological polar surface area (TPSA) is 15.3 Å². The molecule has 1 aliphatic heterocycles. The van der Waals surface area contributed by atoms with Crippen LogP contribution >= 0.6 is 0 Å². The molecular formula is C13H24N2. The van der Waals surface area contributed by atoms with Crippen LogP contribution in [0.1, 0.15) is 33.6 Å². The normalized spacial score (nSPS) is 40.1. The summed E-state index contributed by atoms with van der Waals surface area (Å²) >= 11 is 0. The Morgan fingerprint density at radius 1 is 1.53 bits per heavy atom. The Balaban J connectivity index is 2.06. The highest BCUT2D eigenvalue weighted by molar-refractivity contribution is 5.05. The van der Waals surface area contributed by atoms with Crippen molar-refractivity contribution in [2.45, 2.75) is 51.2 Å². The molecule has 0 radical (unpaired) electrons. The maximum Gasteiger partial charge on any atom is 0.0309 e. The molecule has 0 spiro atoms. The third-order valence-corrected chi connectivity index (χ3v) is 4.22. The lowest BCUT2D eigenvalue weighted by molar-refractivity contribution is 0.0670. The maximum atomic E-state index is 3.92. The summed E-state index contributed by atoms with van der Waals surface area (Å²) in [5.41, 5.74) is 0.351. The van der Waals surface area contributed by atoms with Gasteiger partial charge in [-0.1, -0.05) is 6.08 Å². The Kier molecular flexibility index (Phi) is 2.91. The maximum absolute atomic E-state index is 3.92. The first-order valence-electron chi connectivity index (χ1n) is 6.20. The van der Waals surface area contributed by atoms with Crippen LogP contribution in [0, 0.1) is 5.92 Å². The third-order valence-electron chi connectivity index (χ3n) is 4.22. The lowest BCUT2D eigenvalue weighted by Crippen LogP contribution is -2.64. The molecule has 1 N–H and O–H groups in total. The first kappa shape index (κ1) is 11.2. The van der Waals surface area contributed by atoms with Crippen LogP contribution in [0.15, 0.2) is 12.7 Å². The summed E-state index contributed by atoms with van der Waals surface area (Å²) in [4.78, 5) is 2.59. The molecule has 2 aliphatic rings. The van der Waals surface area contributed by atoms with E-state index in [1.54, 1.807) is 0 Å². The first-order valence-corrected chi connectivity index (χ1v) is 6.20. The van der Waals surface area contributed by atoms with Crippen LogP contribution < -0.4 is 5.32 Å². The zero-order valence-corrected chi connectivity index (χ0v) is 10.3. The van der Waals surface area contributed by atoms with E-state index in [-0.39, 0.29) is 0 Å². The number of nitrogens with zero attached hydrogens (tertiary/aromatic N) is 1. The summed E-state index contributed by atoms with van der Waals surface area (Å²) in [6.07, 6.45) is 4.89. The van der Waals surface area contributed by atoms with Crippen LogP contribution in [-0.2, 0) is 0 Å². The van der Waals surface area contributed by atoms with Crippen molar-refractivity contribution in [1.29, 1.82) is 0 Å². The highest BCUT2D eigenvalue weighted by Crippen LogP contribution is 2.41. The molecule has 0 aromatic rings. The van der Waals surface area contributed by atoms with E-state index in [0.29, 0.717) is 17.6 Å². The molecule has 2 heteroatoms. The molecule has 1 saturated carbocycles. The molecule has 1 heterocycles. The van der Waals surface area contributed by atoms with Crippen LogP contribution in [-0.4, -0.2) is 35.6 Å². The Bertz CT molecular complexity index is 247. The highest BCUT2D eigenvalue weighted by Gasteiger charge is 2.45. The summed E-state index contributed by atoms with van der Waals surface area (Å²) < 4.78 is 0. The largest absolute Gasteiger partial charge is 0.308 e. The highest BCUT2D eigenvalue weighted by atomic mass is 15.3. The molecule has 1 aliphatic carbocycles. The molecule has 1 saturated heterocycles. The van der Waals surface area contributed by atoms with Gasteiger partial charge in [-0.3, -0.25) is 4.90 Å². The number of nitrogens with one attached hydrogen (secondary N) is 1. The van der Waals surface area contributed by atoms with Gasteiger partial charge in [-0.2, -0.15) is 0 Å². The fraction of sp³-hybridized carbons (Fsp3) is 0.846. The van der Waals surface area contributed by atoms with Crippen molar-refractivity contribution in [3.63, 3.8) is 0 Å². The van der Waals surface area contributed by atoms with E-state index >= 15 is 0 Å². The zero-order chi connectivity index (χ0) is 11.1. The van der Waals surface area contributed by atoms with Crippen molar-refractivity contribution in [3.05, 3.63) is 12.7 Å². The van der Waals surface area contributed by atoms with Crippen LogP contribution in [0.4, 0.5) is 0 Å². The summed E-state index contributed by atoms with van der Waals surface area (Å²) in [5.74, 6) is 0.907. The Morgan fingerprint density at radius 2 is 2.20 bits per heavy atom. The lowest BCUT2D eigenvalue weighted by Gasteiger charge is -2.47. The minimum absolute atomic E-state index is 0.351. The fourth-order valence-electron chi connectivity index (χ4n) is 2.76. The van der Waals surface area contributed by atoms with Gasteiger partial charge >= 0.3 is 0 Å². The van der Waals surface area contributed by atoms with Gasteiger partial charge in [0.25, 0.3) is 0 Å². The van der Waals surface area contributed by atoms with Crippen LogP contribution in [0.2, 0.25) is 0 Å².